The minimum absolute atomic E-state index is 0.240. The highest BCUT2D eigenvalue weighted by Crippen LogP contribution is 2.32. The molecule has 0 aromatic heterocycles. The van der Waals surface area contributed by atoms with Crippen LogP contribution in [-0.2, 0) is 11.3 Å². The van der Waals surface area contributed by atoms with E-state index in [2.05, 4.69) is 5.32 Å². The minimum Gasteiger partial charge on any atom is -0.335 e. The van der Waals surface area contributed by atoms with Gasteiger partial charge in [0.05, 0.1) is 10.0 Å². The number of carbonyl (C=O) groups is 1. The van der Waals surface area contributed by atoms with E-state index < -0.39 is 0 Å². The van der Waals surface area contributed by atoms with Crippen LogP contribution in [0.2, 0.25) is 10.0 Å². The van der Waals surface area contributed by atoms with Crippen LogP contribution in [0.4, 0.5) is 0 Å². The Kier molecular flexibility index (Phi) is 4.20. The highest BCUT2D eigenvalue weighted by Gasteiger charge is 2.37. The van der Waals surface area contributed by atoms with Gasteiger partial charge in [0.1, 0.15) is 0 Å². The summed E-state index contributed by atoms with van der Waals surface area (Å²) < 4.78 is 0. The molecule has 2 aliphatic rings. The number of piperidine rings is 2. The lowest BCUT2D eigenvalue weighted by Crippen LogP contribution is -2.54. The summed E-state index contributed by atoms with van der Waals surface area (Å²) in [5.41, 5.74) is 0.937. The van der Waals surface area contributed by atoms with Crippen LogP contribution in [0.1, 0.15) is 24.8 Å². The van der Waals surface area contributed by atoms with Crippen molar-refractivity contribution in [1.29, 1.82) is 0 Å². The van der Waals surface area contributed by atoms with E-state index in [9.17, 15) is 4.79 Å². The van der Waals surface area contributed by atoms with Crippen LogP contribution in [0.25, 0.3) is 0 Å². The molecule has 0 bridgehead atoms. The van der Waals surface area contributed by atoms with E-state index in [1.807, 2.05) is 17.0 Å². The molecule has 1 aromatic carbocycles. The zero-order valence-corrected chi connectivity index (χ0v) is 12.8. The molecular formula is C15H18Cl2N2O. The van der Waals surface area contributed by atoms with Crippen LogP contribution >= 0.6 is 23.2 Å². The molecule has 1 aromatic rings. The number of hydrogen-bond acceptors (Lipinski definition) is 2. The zero-order chi connectivity index (χ0) is 14.1. The molecule has 0 spiro atoms. The third-order valence-electron chi connectivity index (χ3n) is 4.39. The summed E-state index contributed by atoms with van der Waals surface area (Å²) in [5, 5.41) is 4.54. The fraction of sp³-hybridized carbons (Fsp3) is 0.533. The molecule has 1 N–H and O–H groups in total. The predicted octanol–water partition coefficient (Wildman–Crippen LogP) is 3.09. The van der Waals surface area contributed by atoms with Crippen LogP contribution in [0, 0.1) is 5.92 Å². The third-order valence-corrected chi connectivity index (χ3v) is 5.25. The first kappa shape index (κ1) is 14.2. The van der Waals surface area contributed by atoms with Gasteiger partial charge in [-0.1, -0.05) is 35.3 Å². The van der Waals surface area contributed by atoms with Crippen molar-refractivity contribution in [3.8, 4) is 0 Å². The van der Waals surface area contributed by atoms with Gasteiger partial charge in [0, 0.05) is 19.0 Å². The van der Waals surface area contributed by atoms with Gasteiger partial charge in [-0.2, -0.15) is 0 Å². The van der Waals surface area contributed by atoms with E-state index in [1.54, 1.807) is 6.07 Å². The van der Waals surface area contributed by atoms with Crippen molar-refractivity contribution in [1.82, 2.24) is 10.2 Å². The summed E-state index contributed by atoms with van der Waals surface area (Å²) in [6.45, 7) is 2.56. The lowest BCUT2D eigenvalue weighted by atomic mass is 9.84. The number of nitrogens with one attached hydrogen (secondary N) is 1. The number of fused-ring (bicyclic) bond motifs is 1. The Balaban J connectivity index is 1.83. The molecule has 0 radical (unpaired) electrons. The molecule has 3 rings (SSSR count). The number of hydrogen-bond donors (Lipinski definition) is 1. The van der Waals surface area contributed by atoms with E-state index >= 15 is 0 Å². The van der Waals surface area contributed by atoms with E-state index in [0.29, 0.717) is 35.0 Å². The summed E-state index contributed by atoms with van der Waals surface area (Å²) in [6, 6.07) is 5.95. The van der Waals surface area contributed by atoms with Crippen molar-refractivity contribution in [3.05, 3.63) is 33.8 Å². The summed E-state index contributed by atoms with van der Waals surface area (Å²) in [5.74, 6) is 0.809. The average Bonchev–Trinajstić information content (AvgIpc) is 2.46. The van der Waals surface area contributed by atoms with E-state index in [0.717, 1.165) is 31.5 Å². The Morgan fingerprint density at radius 2 is 2.15 bits per heavy atom. The second-order valence-corrected chi connectivity index (χ2v) is 6.38. The van der Waals surface area contributed by atoms with Crippen LogP contribution in [0.5, 0.6) is 0 Å². The standard InChI is InChI=1S/C15H18Cl2N2O/c16-12-3-1-2-11(15(12)17)9-19-13-6-7-18-8-10(13)4-5-14(19)20/h1-3,10,13,18H,4-9H2. The number of carbonyl (C=O) groups excluding carboxylic acids is 1. The highest BCUT2D eigenvalue weighted by molar-refractivity contribution is 6.42. The van der Waals surface area contributed by atoms with Crippen molar-refractivity contribution in [2.75, 3.05) is 13.1 Å². The quantitative estimate of drug-likeness (QED) is 0.910. The monoisotopic (exact) mass is 312 g/mol. The predicted molar refractivity (Wildman–Crippen MR) is 81.0 cm³/mol. The number of amides is 1. The van der Waals surface area contributed by atoms with Gasteiger partial charge in [0.25, 0.3) is 0 Å². The van der Waals surface area contributed by atoms with Crippen LogP contribution in [0.3, 0.4) is 0 Å². The minimum atomic E-state index is 0.240. The topological polar surface area (TPSA) is 32.3 Å². The lowest BCUT2D eigenvalue weighted by molar-refractivity contribution is -0.140. The average molecular weight is 313 g/mol. The molecule has 0 aliphatic carbocycles. The maximum Gasteiger partial charge on any atom is 0.223 e. The maximum absolute atomic E-state index is 12.3. The Morgan fingerprint density at radius 3 is 3.00 bits per heavy atom. The molecule has 2 saturated heterocycles. The van der Waals surface area contributed by atoms with Gasteiger partial charge in [-0.05, 0) is 43.5 Å². The Bertz CT molecular complexity index is 521. The van der Waals surface area contributed by atoms with Gasteiger partial charge < -0.3 is 10.2 Å². The van der Waals surface area contributed by atoms with Crippen LogP contribution < -0.4 is 5.32 Å². The molecular weight excluding hydrogens is 295 g/mol. The third kappa shape index (κ3) is 2.67. The van der Waals surface area contributed by atoms with Gasteiger partial charge in [-0.25, -0.2) is 0 Å². The summed E-state index contributed by atoms with van der Waals surface area (Å²) >= 11 is 12.3. The molecule has 2 unspecified atom stereocenters. The molecule has 2 atom stereocenters. The summed E-state index contributed by atoms with van der Waals surface area (Å²) in [6.07, 6.45) is 2.66. The van der Waals surface area contributed by atoms with Gasteiger partial charge >= 0.3 is 0 Å². The van der Waals surface area contributed by atoms with E-state index in [-0.39, 0.29) is 5.91 Å². The van der Waals surface area contributed by atoms with Crippen molar-refractivity contribution in [3.63, 3.8) is 0 Å². The molecule has 2 fully saturated rings. The normalized spacial score (nSPS) is 26.5. The van der Waals surface area contributed by atoms with Gasteiger partial charge in [0.2, 0.25) is 5.91 Å². The summed E-state index contributed by atoms with van der Waals surface area (Å²) in [7, 11) is 0. The lowest BCUT2D eigenvalue weighted by Gasteiger charge is -2.44. The molecule has 2 aliphatic heterocycles. The zero-order valence-electron chi connectivity index (χ0n) is 11.2. The largest absolute Gasteiger partial charge is 0.335 e. The molecule has 5 heteroatoms. The number of likely N-dealkylation sites (tertiary alicyclic amines) is 1. The number of rotatable bonds is 2. The second-order valence-electron chi connectivity index (χ2n) is 5.59. The van der Waals surface area contributed by atoms with E-state index in [1.165, 1.54) is 0 Å². The van der Waals surface area contributed by atoms with Crippen molar-refractivity contribution in [2.45, 2.75) is 31.8 Å². The first-order chi connectivity index (χ1) is 9.66. The van der Waals surface area contributed by atoms with E-state index in [4.69, 9.17) is 23.2 Å². The second kappa shape index (κ2) is 5.92. The van der Waals surface area contributed by atoms with Crippen LogP contribution in [0.15, 0.2) is 18.2 Å². The highest BCUT2D eigenvalue weighted by atomic mass is 35.5. The molecule has 2 heterocycles. The fourth-order valence-corrected chi connectivity index (χ4v) is 3.69. The van der Waals surface area contributed by atoms with Gasteiger partial charge in [-0.15, -0.1) is 0 Å². The smallest absolute Gasteiger partial charge is 0.223 e. The fourth-order valence-electron chi connectivity index (χ4n) is 3.31. The Labute approximate surface area is 129 Å². The number of halogens is 2. The van der Waals surface area contributed by atoms with Crippen molar-refractivity contribution < 1.29 is 4.79 Å². The first-order valence-corrected chi connectivity index (χ1v) is 7.85. The summed E-state index contributed by atoms with van der Waals surface area (Å²) in [4.78, 5) is 14.3. The molecule has 3 nitrogen and oxygen atoms in total. The van der Waals surface area contributed by atoms with Crippen LogP contribution in [-0.4, -0.2) is 29.9 Å². The molecule has 0 saturated carbocycles. The first-order valence-electron chi connectivity index (χ1n) is 7.10. The van der Waals surface area contributed by atoms with Gasteiger partial charge in [-0.3, -0.25) is 4.79 Å². The van der Waals surface area contributed by atoms with Gasteiger partial charge in [0.15, 0.2) is 0 Å². The number of benzene rings is 1. The maximum atomic E-state index is 12.3. The molecule has 108 valence electrons. The van der Waals surface area contributed by atoms with Crippen molar-refractivity contribution in [2.24, 2.45) is 5.92 Å². The Morgan fingerprint density at radius 1 is 1.30 bits per heavy atom. The molecule has 1 amide bonds. The Hall–Kier alpha value is -0.770. The van der Waals surface area contributed by atoms with Crippen molar-refractivity contribution >= 4 is 29.1 Å². The number of nitrogens with zero attached hydrogens (tertiary/aromatic N) is 1. The SMILES string of the molecule is O=C1CCC2CNCCC2N1Cc1cccc(Cl)c1Cl. The molecule has 20 heavy (non-hydrogen) atoms.